The highest BCUT2D eigenvalue weighted by molar-refractivity contribution is 7.89. The summed E-state index contributed by atoms with van der Waals surface area (Å²) in [6.45, 7) is 4.21. The van der Waals surface area contributed by atoms with Crippen LogP contribution in [0.3, 0.4) is 0 Å². The first-order valence-corrected chi connectivity index (χ1v) is 8.33. The third-order valence-corrected chi connectivity index (χ3v) is 4.77. The topological polar surface area (TPSA) is 93.6 Å². The van der Waals surface area contributed by atoms with Gasteiger partial charge in [0.25, 0.3) is 5.91 Å². The Morgan fingerprint density at radius 2 is 2.20 bits per heavy atom. The van der Waals surface area contributed by atoms with Gasteiger partial charge < -0.3 is 9.32 Å². The molecule has 0 saturated carbocycles. The lowest BCUT2D eigenvalue weighted by atomic mass is 10.00. The minimum Gasteiger partial charge on any atom is -0.455 e. The Kier molecular flexibility index (Phi) is 4.19. The van der Waals surface area contributed by atoms with E-state index in [1.54, 1.807) is 4.90 Å². The van der Waals surface area contributed by atoms with Gasteiger partial charge in [0.15, 0.2) is 5.76 Å². The highest BCUT2D eigenvalue weighted by Gasteiger charge is 2.29. The van der Waals surface area contributed by atoms with Gasteiger partial charge in [0.1, 0.15) is 10.7 Å². The number of carbonyl (C=O) groups is 1. The molecule has 1 aromatic heterocycles. The number of carbonyl (C=O) groups excluding carboxylic acids is 1. The van der Waals surface area contributed by atoms with Crippen LogP contribution in [0.15, 0.2) is 15.4 Å². The lowest BCUT2D eigenvalue weighted by Crippen LogP contribution is -2.43. The fraction of sp³-hybridized carbons (Fsp3) is 0.615. The molecule has 0 aromatic carbocycles. The second-order valence-electron chi connectivity index (χ2n) is 5.13. The van der Waals surface area contributed by atoms with E-state index in [2.05, 4.69) is 0 Å². The summed E-state index contributed by atoms with van der Waals surface area (Å²) in [7, 11) is -3.86. The Morgan fingerprint density at radius 1 is 1.50 bits per heavy atom. The number of piperidine rings is 1. The average molecular weight is 300 g/mol. The number of aryl methyl sites for hydroxylation is 1. The fourth-order valence-corrected chi connectivity index (χ4v) is 3.40. The van der Waals surface area contributed by atoms with Crippen molar-refractivity contribution in [2.45, 2.75) is 50.5 Å². The molecule has 7 heteroatoms. The van der Waals surface area contributed by atoms with E-state index in [0.717, 1.165) is 25.7 Å². The highest BCUT2D eigenvalue weighted by Crippen LogP contribution is 2.25. The van der Waals surface area contributed by atoms with Crippen LogP contribution in [0.1, 0.15) is 48.9 Å². The van der Waals surface area contributed by atoms with Crippen LogP contribution in [0.2, 0.25) is 0 Å². The maximum absolute atomic E-state index is 12.5. The molecule has 1 amide bonds. The Balaban J connectivity index is 2.29. The molecule has 1 aliphatic rings. The van der Waals surface area contributed by atoms with Crippen molar-refractivity contribution < 1.29 is 17.6 Å². The molecular formula is C13H20N2O4S. The number of hydrogen-bond acceptors (Lipinski definition) is 4. The SMILES string of the molecule is CCC1CCCCN1C(=O)c1cc(S(N)(=O)=O)c(C)o1. The van der Waals surface area contributed by atoms with Crippen molar-refractivity contribution >= 4 is 15.9 Å². The second-order valence-corrected chi connectivity index (χ2v) is 6.66. The summed E-state index contributed by atoms with van der Waals surface area (Å²) in [5, 5.41) is 5.09. The van der Waals surface area contributed by atoms with Gasteiger partial charge in [-0.1, -0.05) is 6.92 Å². The number of hydrogen-bond donors (Lipinski definition) is 1. The molecule has 2 rings (SSSR count). The van der Waals surface area contributed by atoms with Gasteiger partial charge in [0, 0.05) is 18.7 Å². The molecule has 2 N–H and O–H groups in total. The third kappa shape index (κ3) is 2.88. The minimum absolute atomic E-state index is 0.0480. The van der Waals surface area contributed by atoms with Gasteiger partial charge >= 0.3 is 0 Å². The van der Waals surface area contributed by atoms with E-state index in [-0.39, 0.29) is 28.4 Å². The van der Waals surface area contributed by atoms with Crippen LogP contribution in [-0.2, 0) is 10.0 Å². The number of rotatable bonds is 3. The lowest BCUT2D eigenvalue weighted by molar-refractivity contribution is 0.0574. The normalized spacial score (nSPS) is 20.1. The van der Waals surface area contributed by atoms with Crippen molar-refractivity contribution in [3.05, 3.63) is 17.6 Å². The number of amides is 1. The van der Waals surface area contributed by atoms with Gasteiger partial charge in [0.05, 0.1) is 0 Å². The van der Waals surface area contributed by atoms with Crippen LogP contribution in [0.5, 0.6) is 0 Å². The standard InChI is InChI=1S/C13H20N2O4S/c1-3-10-6-4-5-7-15(10)13(16)11-8-12(9(2)19-11)20(14,17)18/h8,10H,3-7H2,1-2H3,(H2,14,17,18). The summed E-state index contributed by atoms with van der Waals surface area (Å²) in [6.07, 6.45) is 3.93. The number of nitrogens with two attached hydrogens (primary N) is 1. The third-order valence-electron chi connectivity index (χ3n) is 3.75. The molecule has 1 fully saturated rings. The van der Waals surface area contributed by atoms with Crippen LogP contribution >= 0.6 is 0 Å². The quantitative estimate of drug-likeness (QED) is 0.918. The van der Waals surface area contributed by atoms with Crippen molar-refractivity contribution in [2.24, 2.45) is 5.14 Å². The molecule has 1 aliphatic heterocycles. The zero-order valence-corrected chi connectivity index (χ0v) is 12.6. The van der Waals surface area contributed by atoms with Gasteiger partial charge in [-0.2, -0.15) is 0 Å². The van der Waals surface area contributed by atoms with E-state index in [4.69, 9.17) is 9.56 Å². The predicted molar refractivity (Wildman–Crippen MR) is 73.8 cm³/mol. The maximum Gasteiger partial charge on any atom is 0.289 e. The number of primary sulfonamides is 1. The minimum atomic E-state index is -3.86. The van der Waals surface area contributed by atoms with E-state index >= 15 is 0 Å². The fourth-order valence-electron chi connectivity index (χ4n) is 2.69. The van der Waals surface area contributed by atoms with Gasteiger partial charge in [-0.3, -0.25) is 4.79 Å². The molecule has 2 heterocycles. The van der Waals surface area contributed by atoms with E-state index in [1.807, 2.05) is 6.92 Å². The van der Waals surface area contributed by atoms with Crippen molar-refractivity contribution in [1.29, 1.82) is 0 Å². The molecule has 1 saturated heterocycles. The zero-order valence-electron chi connectivity index (χ0n) is 11.8. The Hall–Kier alpha value is -1.34. The van der Waals surface area contributed by atoms with Crippen LogP contribution < -0.4 is 5.14 Å². The molecule has 0 aliphatic carbocycles. The molecular weight excluding hydrogens is 280 g/mol. The smallest absolute Gasteiger partial charge is 0.289 e. The van der Waals surface area contributed by atoms with Crippen molar-refractivity contribution in [3.8, 4) is 0 Å². The van der Waals surface area contributed by atoms with E-state index in [0.29, 0.717) is 6.54 Å². The zero-order chi connectivity index (χ0) is 14.9. The summed E-state index contributed by atoms with van der Waals surface area (Å²) >= 11 is 0. The summed E-state index contributed by atoms with van der Waals surface area (Å²) in [5.41, 5.74) is 0. The van der Waals surface area contributed by atoms with E-state index < -0.39 is 10.0 Å². The van der Waals surface area contributed by atoms with Crippen LogP contribution in [-0.4, -0.2) is 31.8 Å². The van der Waals surface area contributed by atoms with Crippen molar-refractivity contribution in [2.75, 3.05) is 6.54 Å². The van der Waals surface area contributed by atoms with Crippen LogP contribution in [0, 0.1) is 6.92 Å². The highest BCUT2D eigenvalue weighted by atomic mass is 32.2. The summed E-state index contributed by atoms with van der Waals surface area (Å²) < 4.78 is 28.1. The molecule has 0 bridgehead atoms. The number of sulfonamides is 1. The number of furan rings is 1. The molecule has 0 radical (unpaired) electrons. The number of likely N-dealkylation sites (tertiary alicyclic amines) is 1. The molecule has 0 spiro atoms. The molecule has 1 atom stereocenters. The van der Waals surface area contributed by atoms with Crippen LogP contribution in [0.4, 0.5) is 0 Å². The van der Waals surface area contributed by atoms with Gasteiger partial charge in [0.2, 0.25) is 10.0 Å². The second kappa shape index (κ2) is 5.57. The van der Waals surface area contributed by atoms with E-state index in [1.165, 1.54) is 13.0 Å². The van der Waals surface area contributed by atoms with E-state index in [9.17, 15) is 13.2 Å². The van der Waals surface area contributed by atoms with Gasteiger partial charge in [-0.05, 0) is 32.6 Å². The maximum atomic E-state index is 12.5. The molecule has 1 unspecified atom stereocenters. The van der Waals surface area contributed by atoms with Crippen molar-refractivity contribution in [3.63, 3.8) is 0 Å². The largest absolute Gasteiger partial charge is 0.455 e. The lowest BCUT2D eigenvalue weighted by Gasteiger charge is -2.34. The Labute approximate surface area is 119 Å². The first-order valence-electron chi connectivity index (χ1n) is 6.78. The molecule has 112 valence electrons. The molecule has 6 nitrogen and oxygen atoms in total. The molecule has 1 aromatic rings. The summed E-state index contributed by atoms with van der Waals surface area (Å²) in [5.74, 6) is -0.0534. The summed E-state index contributed by atoms with van der Waals surface area (Å²) in [6, 6.07) is 1.42. The monoisotopic (exact) mass is 300 g/mol. The predicted octanol–water partition coefficient (Wildman–Crippen LogP) is 1.64. The van der Waals surface area contributed by atoms with Gasteiger partial charge in [-0.25, -0.2) is 13.6 Å². The first kappa shape index (κ1) is 15.1. The summed E-state index contributed by atoms with van der Waals surface area (Å²) in [4.78, 5) is 14.1. The Morgan fingerprint density at radius 3 is 2.75 bits per heavy atom. The van der Waals surface area contributed by atoms with Crippen LogP contribution in [0.25, 0.3) is 0 Å². The average Bonchev–Trinajstić information content (AvgIpc) is 2.80. The van der Waals surface area contributed by atoms with Crippen molar-refractivity contribution in [1.82, 2.24) is 4.90 Å². The van der Waals surface area contributed by atoms with Gasteiger partial charge in [-0.15, -0.1) is 0 Å². The first-order chi connectivity index (χ1) is 9.34. The Bertz CT molecular complexity index is 606. The number of nitrogens with zero attached hydrogens (tertiary/aromatic N) is 1. The molecule has 20 heavy (non-hydrogen) atoms.